The number of oxime groups is 1. The average molecular weight is 239 g/mol. The maximum Gasteiger partial charge on any atom is 0.145 e. The molecule has 1 saturated carbocycles. The highest BCUT2D eigenvalue weighted by Crippen LogP contribution is 2.22. The Kier molecular flexibility index (Phi) is 4.07. The highest BCUT2D eigenvalue weighted by atomic mass is 19.1. The molecular formula is C13H15F2NO. The van der Waals surface area contributed by atoms with Crippen molar-refractivity contribution in [1.82, 2.24) is 0 Å². The molecular weight excluding hydrogens is 224 g/mol. The lowest BCUT2D eigenvalue weighted by atomic mass is 10.1. The van der Waals surface area contributed by atoms with Crippen LogP contribution in [0.15, 0.2) is 23.4 Å². The van der Waals surface area contributed by atoms with Crippen molar-refractivity contribution in [3.05, 3.63) is 35.4 Å². The summed E-state index contributed by atoms with van der Waals surface area (Å²) in [7, 11) is 0. The predicted octanol–water partition coefficient (Wildman–Crippen LogP) is 3.66. The van der Waals surface area contributed by atoms with Crippen molar-refractivity contribution in [2.75, 3.05) is 0 Å². The van der Waals surface area contributed by atoms with E-state index in [0.717, 1.165) is 31.0 Å². The van der Waals surface area contributed by atoms with Crippen LogP contribution in [-0.2, 0) is 11.4 Å². The quantitative estimate of drug-likeness (QED) is 0.580. The third-order valence-corrected chi connectivity index (χ3v) is 2.97. The summed E-state index contributed by atoms with van der Waals surface area (Å²) >= 11 is 0. The Labute approximate surface area is 99.3 Å². The van der Waals surface area contributed by atoms with Gasteiger partial charge in [0.25, 0.3) is 0 Å². The number of halogens is 2. The third kappa shape index (κ3) is 3.51. The lowest BCUT2D eigenvalue weighted by molar-refractivity contribution is 0.127. The molecule has 1 aliphatic rings. The Hall–Kier alpha value is -1.45. The molecule has 2 nitrogen and oxygen atoms in total. The van der Waals surface area contributed by atoms with Gasteiger partial charge >= 0.3 is 0 Å². The van der Waals surface area contributed by atoms with E-state index in [0.29, 0.717) is 5.92 Å². The summed E-state index contributed by atoms with van der Waals surface area (Å²) in [6, 6.07) is 3.30. The summed E-state index contributed by atoms with van der Waals surface area (Å²) in [6.45, 7) is -0.0349. The maximum atomic E-state index is 13.2. The fraction of sp³-hybridized carbons (Fsp3) is 0.462. The third-order valence-electron chi connectivity index (χ3n) is 2.97. The van der Waals surface area contributed by atoms with Crippen LogP contribution in [0.4, 0.5) is 8.78 Å². The molecule has 0 aromatic heterocycles. The van der Waals surface area contributed by atoms with Gasteiger partial charge in [0, 0.05) is 11.8 Å². The van der Waals surface area contributed by atoms with Gasteiger partial charge in [-0.3, -0.25) is 0 Å². The normalized spacial score (nSPS) is 16.8. The molecule has 17 heavy (non-hydrogen) atoms. The maximum absolute atomic E-state index is 13.2. The van der Waals surface area contributed by atoms with Crippen LogP contribution in [0, 0.1) is 17.6 Å². The van der Waals surface area contributed by atoms with E-state index < -0.39 is 11.6 Å². The van der Waals surface area contributed by atoms with Gasteiger partial charge in [-0.2, -0.15) is 0 Å². The Morgan fingerprint density at radius 1 is 1.29 bits per heavy atom. The fourth-order valence-electron chi connectivity index (χ4n) is 2.00. The molecule has 1 aromatic rings. The van der Waals surface area contributed by atoms with Crippen molar-refractivity contribution < 1.29 is 13.6 Å². The largest absolute Gasteiger partial charge is 0.391 e. The predicted molar refractivity (Wildman–Crippen MR) is 61.6 cm³/mol. The van der Waals surface area contributed by atoms with Gasteiger partial charge < -0.3 is 4.84 Å². The van der Waals surface area contributed by atoms with Gasteiger partial charge in [0.1, 0.15) is 18.2 Å². The topological polar surface area (TPSA) is 21.6 Å². The Bertz CT molecular complexity index is 400. The standard InChI is InChI=1S/C13H15F2NO/c14-12-5-6-13(15)11(7-12)9-17-16-8-10-3-1-2-4-10/h5-8,10H,1-4,9H2. The monoisotopic (exact) mass is 239 g/mol. The summed E-state index contributed by atoms with van der Waals surface area (Å²) in [5.41, 5.74) is 0.188. The first-order chi connectivity index (χ1) is 8.25. The summed E-state index contributed by atoms with van der Waals surface area (Å²) in [5.74, 6) is -0.459. The molecule has 0 saturated heterocycles. The van der Waals surface area contributed by atoms with E-state index in [4.69, 9.17) is 4.84 Å². The molecule has 0 radical (unpaired) electrons. The van der Waals surface area contributed by atoms with Crippen molar-refractivity contribution in [1.29, 1.82) is 0 Å². The zero-order valence-electron chi connectivity index (χ0n) is 9.53. The molecule has 1 aromatic carbocycles. The summed E-state index contributed by atoms with van der Waals surface area (Å²) in [5, 5.41) is 3.81. The van der Waals surface area contributed by atoms with Crippen LogP contribution in [0.25, 0.3) is 0 Å². The smallest absolute Gasteiger partial charge is 0.145 e. The number of rotatable bonds is 4. The van der Waals surface area contributed by atoms with E-state index in [9.17, 15) is 8.78 Å². The first-order valence-corrected chi connectivity index (χ1v) is 5.85. The molecule has 1 fully saturated rings. The highest BCUT2D eigenvalue weighted by molar-refractivity contribution is 5.60. The molecule has 0 unspecified atom stereocenters. The van der Waals surface area contributed by atoms with Gasteiger partial charge in [0.2, 0.25) is 0 Å². The van der Waals surface area contributed by atoms with Crippen LogP contribution in [-0.4, -0.2) is 6.21 Å². The van der Waals surface area contributed by atoms with Crippen molar-refractivity contribution in [3.8, 4) is 0 Å². The molecule has 92 valence electrons. The molecule has 4 heteroatoms. The van der Waals surface area contributed by atoms with E-state index in [1.54, 1.807) is 6.21 Å². The molecule has 2 rings (SSSR count). The number of nitrogens with zero attached hydrogens (tertiary/aromatic N) is 1. The minimum Gasteiger partial charge on any atom is -0.391 e. The van der Waals surface area contributed by atoms with Crippen LogP contribution in [0.1, 0.15) is 31.2 Å². The number of hydrogen-bond acceptors (Lipinski definition) is 2. The SMILES string of the molecule is Fc1ccc(F)c(CON=CC2CCCC2)c1. The van der Waals surface area contributed by atoms with Crippen molar-refractivity contribution in [3.63, 3.8) is 0 Å². The fourth-order valence-corrected chi connectivity index (χ4v) is 2.00. The molecule has 0 heterocycles. The lowest BCUT2D eigenvalue weighted by Gasteiger charge is -2.03. The second-order valence-electron chi connectivity index (χ2n) is 4.31. The van der Waals surface area contributed by atoms with E-state index in [1.165, 1.54) is 12.8 Å². The van der Waals surface area contributed by atoms with E-state index in [-0.39, 0.29) is 12.2 Å². The van der Waals surface area contributed by atoms with Crippen LogP contribution in [0.3, 0.4) is 0 Å². The second-order valence-corrected chi connectivity index (χ2v) is 4.31. The van der Waals surface area contributed by atoms with E-state index >= 15 is 0 Å². The van der Waals surface area contributed by atoms with Crippen LogP contribution < -0.4 is 0 Å². The van der Waals surface area contributed by atoms with Crippen molar-refractivity contribution in [2.45, 2.75) is 32.3 Å². The van der Waals surface area contributed by atoms with Gasteiger partial charge in [-0.25, -0.2) is 8.78 Å². The highest BCUT2D eigenvalue weighted by Gasteiger charge is 2.12. The van der Waals surface area contributed by atoms with Crippen LogP contribution in [0.2, 0.25) is 0 Å². The van der Waals surface area contributed by atoms with Crippen molar-refractivity contribution >= 4 is 6.21 Å². The van der Waals surface area contributed by atoms with Crippen LogP contribution in [0.5, 0.6) is 0 Å². The van der Waals surface area contributed by atoms with E-state index in [2.05, 4.69) is 5.16 Å². The Morgan fingerprint density at radius 2 is 2.06 bits per heavy atom. The summed E-state index contributed by atoms with van der Waals surface area (Å²) < 4.78 is 26.0. The summed E-state index contributed by atoms with van der Waals surface area (Å²) in [6.07, 6.45) is 6.51. The second kappa shape index (κ2) is 5.75. The van der Waals surface area contributed by atoms with Crippen molar-refractivity contribution in [2.24, 2.45) is 11.1 Å². The molecule has 0 bridgehead atoms. The van der Waals surface area contributed by atoms with Gasteiger partial charge in [0.15, 0.2) is 0 Å². The zero-order valence-corrected chi connectivity index (χ0v) is 9.53. The van der Waals surface area contributed by atoms with Gasteiger partial charge in [-0.05, 0) is 37.0 Å². The first-order valence-electron chi connectivity index (χ1n) is 5.85. The van der Waals surface area contributed by atoms with Gasteiger partial charge in [-0.1, -0.05) is 18.0 Å². The molecule has 0 aliphatic heterocycles. The molecule has 0 N–H and O–H groups in total. The minimum absolute atomic E-state index is 0.0349. The molecule has 1 aliphatic carbocycles. The Balaban J connectivity index is 1.82. The summed E-state index contributed by atoms with van der Waals surface area (Å²) in [4.78, 5) is 4.98. The lowest BCUT2D eigenvalue weighted by Crippen LogP contribution is -1.97. The molecule has 0 atom stereocenters. The number of hydrogen-bond donors (Lipinski definition) is 0. The van der Waals surface area contributed by atoms with Gasteiger partial charge in [0.05, 0.1) is 0 Å². The molecule has 0 spiro atoms. The minimum atomic E-state index is -0.470. The Morgan fingerprint density at radius 3 is 2.82 bits per heavy atom. The van der Waals surface area contributed by atoms with Gasteiger partial charge in [-0.15, -0.1) is 0 Å². The van der Waals surface area contributed by atoms with Crippen LogP contribution >= 0.6 is 0 Å². The number of benzene rings is 1. The first kappa shape index (κ1) is 12.0. The average Bonchev–Trinajstić information content (AvgIpc) is 2.82. The molecule has 0 amide bonds. The zero-order chi connectivity index (χ0) is 12.1. The van der Waals surface area contributed by atoms with E-state index in [1.807, 2.05) is 0 Å².